The third-order valence-corrected chi connectivity index (χ3v) is 4.37. The van der Waals surface area contributed by atoms with Gasteiger partial charge >= 0.3 is 0 Å². The Morgan fingerprint density at radius 3 is 2.68 bits per heavy atom. The van der Waals surface area contributed by atoms with Crippen molar-refractivity contribution in [1.82, 2.24) is 15.5 Å². The Bertz CT molecular complexity index is 320. The highest BCUT2D eigenvalue weighted by molar-refractivity contribution is 5.79. The van der Waals surface area contributed by atoms with Crippen molar-refractivity contribution in [3.05, 3.63) is 0 Å². The van der Waals surface area contributed by atoms with Gasteiger partial charge in [0.05, 0.1) is 0 Å². The van der Waals surface area contributed by atoms with Gasteiger partial charge in [-0.3, -0.25) is 4.99 Å². The summed E-state index contributed by atoms with van der Waals surface area (Å²) in [6.45, 7) is 10.6. The molecule has 5 heteroatoms. The van der Waals surface area contributed by atoms with Crippen LogP contribution in [0.25, 0.3) is 0 Å². The minimum absolute atomic E-state index is 0.254. The van der Waals surface area contributed by atoms with E-state index >= 15 is 0 Å². The zero-order valence-electron chi connectivity index (χ0n) is 14.9. The van der Waals surface area contributed by atoms with Crippen LogP contribution in [0.15, 0.2) is 4.99 Å². The number of guanidine groups is 1. The lowest BCUT2D eigenvalue weighted by Crippen LogP contribution is -2.44. The van der Waals surface area contributed by atoms with E-state index in [1.165, 1.54) is 19.4 Å². The van der Waals surface area contributed by atoms with Gasteiger partial charge in [0, 0.05) is 32.3 Å². The van der Waals surface area contributed by atoms with E-state index in [-0.39, 0.29) is 6.61 Å². The third kappa shape index (κ3) is 7.45. The number of nitrogens with one attached hydrogen (secondary N) is 2. The minimum atomic E-state index is 0.254. The lowest BCUT2D eigenvalue weighted by Gasteiger charge is -2.22. The summed E-state index contributed by atoms with van der Waals surface area (Å²) < 4.78 is 0. The number of likely N-dealkylation sites (tertiary alicyclic amines) is 1. The van der Waals surface area contributed by atoms with Gasteiger partial charge in [-0.05, 0) is 58.0 Å². The minimum Gasteiger partial charge on any atom is -0.396 e. The quantitative estimate of drug-likeness (QED) is 0.448. The first-order valence-corrected chi connectivity index (χ1v) is 8.90. The van der Waals surface area contributed by atoms with E-state index in [4.69, 9.17) is 4.99 Å². The summed E-state index contributed by atoms with van der Waals surface area (Å²) in [6.07, 6.45) is 4.52. The summed E-state index contributed by atoms with van der Waals surface area (Å²) in [6, 6.07) is 0.618. The van der Waals surface area contributed by atoms with Crippen molar-refractivity contribution in [2.45, 2.75) is 52.5 Å². The molecule has 130 valence electrons. The molecule has 2 unspecified atom stereocenters. The maximum Gasteiger partial charge on any atom is 0.191 e. The number of hydrogen-bond donors (Lipinski definition) is 3. The Morgan fingerprint density at radius 2 is 2.14 bits per heavy atom. The van der Waals surface area contributed by atoms with Crippen molar-refractivity contribution in [3.8, 4) is 0 Å². The second-order valence-electron chi connectivity index (χ2n) is 6.89. The zero-order chi connectivity index (χ0) is 16.4. The molecule has 0 amide bonds. The molecular weight excluding hydrogens is 276 g/mol. The van der Waals surface area contributed by atoms with Gasteiger partial charge in [0.15, 0.2) is 5.96 Å². The van der Waals surface area contributed by atoms with Crippen LogP contribution in [-0.4, -0.2) is 61.8 Å². The molecule has 0 bridgehead atoms. The summed E-state index contributed by atoms with van der Waals surface area (Å²) in [5.41, 5.74) is 0. The van der Waals surface area contributed by atoms with Crippen LogP contribution in [0.3, 0.4) is 0 Å². The molecule has 1 aliphatic heterocycles. The van der Waals surface area contributed by atoms with Crippen LogP contribution in [-0.2, 0) is 0 Å². The second-order valence-corrected chi connectivity index (χ2v) is 6.89. The van der Waals surface area contributed by atoms with E-state index in [1.54, 1.807) is 0 Å². The van der Waals surface area contributed by atoms with E-state index in [1.807, 2.05) is 0 Å². The Kier molecular flexibility index (Phi) is 9.48. The Balaban J connectivity index is 2.48. The van der Waals surface area contributed by atoms with Crippen LogP contribution in [0.4, 0.5) is 0 Å². The number of aliphatic hydroxyl groups is 1. The van der Waals surface area contributed by atoms with Crippen molar-refractivity contribution in [3.63, 3.8) is 0 Å². The standard InChI is InChI=1S/C17H36N4O/c1-5-18-17(20-13-16-7-6-9-21(16)4)19-12-15(8-10-22)11-14(2)3/h14-16,22H,5-13H2,1-4H3,(H2,18,19,20). The van der Waals surface area contributed by atoms with E-state index in [2.05, 4.69) is 43.4 Å². The first kappa shape index (κ1) is 19.2. The van der Waals surface area contributed by atoms with Crippen LogP contribution < -0.4 is 10.6 Å². The van der Waals surface area contributed by atoms with E-state index in [9.17, 15) is 5.11 Å². The first-order chi connectivity index (χ1) is 10.6. The van der Waals surface area contributed by atoms with Crippen LogP contribution in [0.1, 0.15) is 46.5 Å². The van der Waals surface area contributed by atoms with Crippen molar-refractivity contribution in [2.24, 2.45) is 16.8 Å². The molecule has 22 heavy (non-hydrogen) atoms. The Hall–Kier alpha value is -0.810. The van der Waals surface area contributed by atoms with Gasteiger partial charge in [0.1, 0.15) is 0 Å². The monoisotopic (exact) mass is 312 g/mol. The molecule has 0 aromatic rings. The zero-order valence-corrected chi connectivity index (χ0v) is 14.9. The fraction of sp³-hybridized carbons (Fsp3) is 0.941. The van der Waals surface area contributed by atoms with Crippen molar-refractivity contribution < 1.29 is 5.11 Å². The van der Waals surface area contributed by atoms with Gasteiger partial charge < -0.3 is 20.6 Å². The fourth-order valence-electron chi connectivity index (χ4n) is 3.15. The summed E-state index contributed by atoms with van der Waals surface area (Å²) >= 11 is 0. The lowest BCUT2D eigenvalue weighted by molar-refractivity contribution is 0.245. The fourth-order valence-corrected chi connectivity index (χ4v) is 3.15. The van der Waals surface area contributed by atoms with Gasteiger partial charge in [-0.1, -0.05) is 13.8 Å². The van der Waals surface area contributed by atoms with E-state index < -0.39 is 0 Å². The number of hydrogen-bond acceptors (Lipinski definition) is 3. The normalized spacial score (nSPS) is 21.4. The van der Waals surface area contributed by atoms with Gasteiger partial charge in [-0.2, -0.15) is 0 Å². The number of aliphatic hydroxyl groups excluding tert-OH is 1. The molecule has 0 aliphatic carbocycles. The molecule has 0 aromatic carbocycles. The van der Waals surface area contributed by atoms with Crippen LogP contribution in [0.5, 0.6) is 0 Å². The lowest BCUT2D eigenvalue weighted by atomic mass is 9.94. The SMILES string of the molecule is CCNC(=NCC(CCO)CC(C)C)NCC1CCCN1C. The molecule has 0 spiro atoms. The molecule has 2 atom stereocenters. The predicted molar refractivity (Wildman–Crippen MR) is 94.3 cm³/mol. The highest BCUT2D eigenvalue weighted by Gasteiger charge is 2.20. The molecule has 1 aliphatic rings. The predicted octanol–water partition coefficient (Wildman–Crippen LogP) is 1.68. The topological polar surface area (TPSA) is 59.9 Å². The second kappa shape index (κ2) is 10.8. The van der Waals surface area contributed by atoms with Crippen molar-refractivity contribution in [2.75, 3.05) is 39.8 Å². The maximum absolute atomic E-state index is 9.21. The summed E-state index contributed by atoms with van der Waals surface area (Å²) in [4.78, 5) is 7.16. The Morgan fingerprint density at radius 1 is 1.36 bits per heavy atom. The smallest absolute Gasteiger partial charge is 0.191 e. The molecule has 0 aromatic heterocycles. The summed E-state index contributed by atoms with van der Waals surface area (Å²) in [5, 5.41) is 16.0. The number of rotatable bonds is 9. The van der Waals surface area contributed by atoms with Crippen LogP contribution in [0, 0.1) is 11.8 Å². The van der Waals surface area contributed by atoms with Crippen LogP contribution >= 0.6 is 0 Å². The largest absolute Gasteiger partial charge is 0.396 e. The molecular formula is C17H36N4O. The molecule has 1 rings (SSSR count). The average Bonchev–Trinajstić information content (AvgIpc) is 2.87. The summed E-state index contributed by atoms with van der Waals surface area (Å²) in [7, 11) is 2.20. The maximum atomic E-state index is 9.21. The number of nitrogens with zero attached hydrogens (tertiary/aromatic N) is 2. The van der Waals surface area contributed by atoms with Crippen molar-refractivity contribution in [1.29, 1.82) is 0 Å². The molecule has 3 N–H and O–H groups in total. The van der Waals surface area contributed by atoms with Gasteiger partial charge in [0.25, 0.3) is 0 Å². The third-order valence-electron chi connectivity index (χ3n) is 4.37. The molecule has 1 saturated heterocycles. The van der Waals surface area contributed by atoms with Crippen molar-refractivity contribution >= 4 is 5.96 Å². The van der Waals surface area contributed by atoms with Crippen LogP contribution in [0.2, 0.25) is 0 Å². The van der Waals surface area contributed by atoms with E-state index in [0.29, 0.717) is 17.9 Å². The molecule has 0 saturated carbocycles. The molecule has 1 fully saturated rings. The highest BCUT2D eigenvalue weighted by Crippen LogP contribution is 2.16. The average molecular weight is 313 g/mol. The molecule has 5 nitrogen and oxygen atoms in total. The number of aliphatic imine (C=N–C) groups is 1. The molecule has 0 radical (unpaired) electrons. The van der Waals surface area contributed by atoms with Gasteiger partial charge in [0.2, 0.25) is 0 Å². The number of likely N-dealkylation sites (N-methyl/N-ethyl adjacent to an activating group) is 1. The van der Waals surface area contributed by atoms with E-state index in [0.717, 1.165) is 38.4 Å². The highest BCUT2D eigenvalue weighted by atomic mass is 16.3. The molecule has 1 heterocycles. The first-order valence-electron chi connectivity index (χ1n) is 8.90. The van der Waals surface area contributed by atoms with Gasteiger partial charge in [-0.15, -0.1) is 0 Å². The summed E-state index contributed by atoms with van der Waals surface area (Å²) in [5.74, 6) is 2.03. The Labute approximate surface area is 136 Å². The van der Waals surface area contributed by atoms with Gasteiger partial charge in [-0.25, -0.2) is 0 Å².